The Bertz CT molecular complexity index is 375. The predicted molar refractivity (Wildman–Crippen MR) is 100 cm³/mol. The number of carbonyl (C=O) groups excluding carboxylic acids is 1. The van der Waals surface area contributed by atoms with Crippen molar-refractivity contribution in [1.82, 2.24) is 15.5 Å². The summed E-state index contributed by atoms with van der Waals surface area (Å²) in [6.07, 6.45) is 5.26. The van der Waals surface area contributed by atoms with Crippen LogP contribution >= 0.6 is 0 Å². The second-order valence-corrected chi connectivity index (χ2v) is 8.37. The number of hydrogen-bond acceptors (Lipinski definition) is 4. The molecule has 3 atom stereocenters. The van der Waals surface area contributed by atoms with E-state index in [0.717, 1.165) is 31.7 Å². The molecule has 1 fully saturated rings. The van der Waals surface area contributed by atoms with Crippen LogP contribution in [0.4, 0.5) is 4.79 Å². The van der Waals surface area contributed by atoms with Crippen molar-refractivity contribution in [1.29, 1.82) is 0 Å². The molecule has 0 heterocycles. The summed E-state index contributed by atoms with van der Waals surface area (Å²) in [5.74, 6) is 0.726. The van der Waals surface area contributed by atoms with Crippen LogP contribution in [0.1, 0.15) is 66.7 Å². The van der Waals surface area contributed by atoms with E-state index in [-0.39, 0.29) is 12.1 Å². The molecule has 1 rings (SSSR count). The monoisotopic (exact) mass is 341 g/mol. The van der Waals surface area contributed by atoms with Gasteiger partial charge >= 0.3 is 6.09 Å². The van der Waals surface area contributed by atoms with Crippen LogP contribution in [-0.2, 0) is 4.74 Å². The fourth-order valence-corrected chi connectivity index (χ4v) is 3.66. The second kappa shape index (κ2) is 9.62. The molecular weight excluding hydrogens is 302 g/mol. The molecule has 3 unspecified atom stereocenters. The van der Waals surface area contributed by atoms with E-state index in [9.17, 15) is 4.79 Å². The third-order valence-electron chi connectivity index (χ3n) is 5.03. The van der Waals surface area contributed by atoms with Crippen LogP contribution in [0.3, 0.4) is 0 Å². The number of likely N-dealkylation sites (N-methyl/N-ethyl adjacent to an activating group) is 1. The smallest absolute Gasteiger partial charge is 0.407 e. The first-order valence-corrected chi connectivity index (χ1v) is 9.55. The first-order valence-electron chi connectivity index (χ1n) is 9.55. The highest BCUT2D eigenvalue weighted by Crippen LogP contribution is 2.21. The van der Waals surface area contributed by atoms with E-state index >= 15 is 0 Å². The van der Waals surface area contributed by atoms with Gasteiger partial charge in [-0.2, -0.15) is 0 Å². The zero-order valence-electron chi connectivity index (χ0n) is 16.8. The average molecular weight is 342 g/mol. The van der Waals surface area contributed by atoms with Crippen LogP contribution in [0, 0.1) is 5.92 Å². The average Bonchev–Trinajstić information content (AvgIpc) is 2.88. The highest BCUT2D eigenvalue weighted by atomic mass is 16.6. The van der Waals surface area contributed by atoms with E-state index in [0.29, 0.717) is 12.1 Å². The van der Waals surface area contributed by atoms with Gasteiger partial charge in [-0.05, 0) is 60.0 Å². The Kier molecular flexibility index (Phi) is 8.51. The van der Waals surface area contributed by atoms with Crippen LogP contribution in [0.15, 0.2) is 0 Å². The number of rotatable bonds is 8. The van der Waals surface area contributed by atoms with Gasteiger partial charge in [-0.25, -0.2) is 4.79 Å². The number of nitrogens with one attached hydrogen (secondary N) is 2. The van der Waals surface area contributed by atoms with Gasteiger partial charge in [0.1, 0.15) is 5.60 Å². The largest absolute Gasteiger partial charge is 0.444 e. The van der Waals surface area contributed by atoms with Gasteiger partial charge in [0.2, 0.25) is 0 Å². The third-order valence-corrected chi connectivity index (χ3v) is 5.03. The van der Waals surface area contributed by atoms with Gasteiger partial charge < -0.3 is 20.3 Å². The van der Waals surface area contributed by atoms with E-state index in [1.54, 1.807) is 0 Å². The standard InChI is InChI=1S/C19H39N3O2/c1-8-14(9-2)17(22(6)7)13-20-15-10-11-16(12-15)21-18(23)24-19(3,4)5/h14-17,20H,8-13H2,1-7H3,(H,21,23). The summed E-state index contributed by atoms with van der Waals surface area (Å²) in [7, 11) is 4.35. The number of amides is 1. The van der Waals surface area contributed by atoms with Crippen LogP contribution in [-0.4, -0.2) is 55.4 Å². The molecule has 1 aliphatic rings. The third kappa shape index (κ3) is 7.39. The molecule has 0 bridgehead atoms. The number of carbonyl (C=O) groups is 1. The molecule has 0 aromatic heterocycles. The summed E-state index contributed by atoms with van der Waals surface area (Å²) in [5, 5.41) is 6.74. The van der Waals surface area contributed by atoms with Crippen molar-refractivity contribution >= 4 is 6.09 Å². The Hall–Kier alpha value is -0.810. The summed E-state index contributed by atoms with van der Waals surface area (Å²) in [5.41, 5.74) is -0.436. The number of alkyl carbamates (subject to hydrolysis) is 1. The lowest BCUT2D eigenvalue weighted by Crippen LogP contribution is -2.46. The van der Waals surface area contributed by atoms with Crippen LogP contribution in [0.5, 0.6) is 0 Å². The lowest BCUT2D eigenvalue weighted by Gasteiger charge is -2.32. The van der Waals surface area contributed by atoms with Crippen molar-refractivity contribution in [2.45, 2.75) is 90.4 Å². The lowest BCUT2D eigenvalue weighted by molar-refractivity contribution is 0.0505. The lowest BCUT2D eigenvalue weighted by atomic mass is 9.93. The topological polar surface area (TPSA) is 53.6 Å². The summed E-state index contributed by atoms with van der Waals surface area (Å²) < 4.78 is 5.35. The Labute approximate surface area is 148 Å². The Morgan fingerprint density at radius 1 is 1.17 bits per heavy atom. The highest BCUT2D eigenvalue weighted by Gasteiger charge is 2.29. The van der Waals surface area contributed by atoms with Crippen molar-refractivity contribution in [3.05, 3.63) is 0 Å². The molecule has 2 N–H and O–H groups in total. The Morgan fingerprint density at radius 2 is 1.75 bits per heavy atom. The molecule has 1 saturated carbocycles. The molecule has 5 nitrogen and oxygen atoms in total. The molecule has 1 aliphatic carbocycles. The molecule has 0 aliphatic heterocycles. The minimum atomic E-state index is -0.436. The molecule has 142 valence electrons. The fourth-order valence-electron chi connectivity index (χ4n) is 3.66. The van der Waals surface area contributed by atoms with Gasteiger partial charge in [0.15, 0.2) is 0 Å². The number of hydrogen-bond donors (Lipinski definition) is 2. The molecule has 0 aromatic rings. The molecule has 0 radical (unpaired) electrons. The molecule has 5 heteroatoms. The zero-order chi connectivity index (χ0) is 18.3. The van der Waals surface area contributed by atoms with Gasteiger partial charge in [0.05, 0.1) is 0 Å². The summed E-state index contributed by atoms with van der Waals surface area (Å²) in [6, 6.07) is 1.28. The quantitative estimate of drug-likeness (QED) is 0.710. The molecule has 0 saturated heterocycles. The molecule has 0 spiro atoms. The van der Waals surface area contributed by atoms with Crippen molar-refractivity contribution in [3.63, 3.8) is 0 Å². The summed E-state index contributed by atoms with van der Waals surface area (Å²) >= 11 is 0. The maximum Gasteiger partial charge on any atom is 0.407 e. The van der Waals surface area contributed by atoms with Crippen LogP contribution in [0.2, 0.25) is 0 Å². The highest BCUT2D eigenvalue weighted by molar-refractivity contribution is 5.68. The summed E-state index contributed by atoms with van der Waals surface area (Å²) in [4.78, 5) is 14.2. The van der Waals surface area contributed by atoms with Crippen LogP contribution < -0.4 is 10.6 Å². The number of ether oxygens (including phenoxy) is 1. The Morgan fingerprint density at radius 3 is 2.25 bits per heavy atom. The fraction of sp³-hybridized carbons (Fsp3) is 0.947. The first kappa shape index (κ1) is 21.2. The Balaban J connectivity index is 2.39. The van der Waals surface area contributed by atoms with E-state index in [2.05, 4.69) is 43.5 Å². The molecular formula is C19H39N3O2. The van der Waals surface area contributed by atoms with Gasteiger partial charge in [-0.15, -0.1) is 0 Å². The van der Waals surface area contributed by atoms with E-state index in [1.165, 1.54) is 12.8 Å². The van der Waals surface area contributed by atoms with Crippen molar-refractivity contribution in [3.8, 4) is 0 Å². The van der Waals surface area contributed by atoms with E-state index in [1.807, 2.05) is 20.8 Å². The maximum absolute atomic E-state index is 11.9. The maximum atomic E-state index is 11.9. The molecule has 1 amide bonds. The SMILES string of the molecule is CCC(CC)C(CNC1CCC(NC(=O)OC(C)(C)C)C1)N(C)C. The van der Waals surface area contributed by atoms with Gasteiger partial charge in [-0.1, -0.05) is 26.7 Å². The minimum Gasteiger partial charge on any atom is -0.444 e. The van der Waals surface area contributed by atoms with Crippen molar-refractivity contribution in [2.24, 2.45) is 5.92 Å². The molecule has 0 aromatic carbocycles. The minimum absolute atomic E-state index is 0.225. The predicted octanol–water partition coefficient (Wildman–Crippen LogP) is 3.39. The zero-order valence-corrected chi connectivity index (χ0v) is 16.8. The van der Waals surface area contributed by atoms with Gasteiger partial charge in [0.25, 0.3) is 0 Å². The number of nitrogens with zero attached hydrogens (tertiary/aromatic N) is 1. The normalized spacial score (nSPS) is 22.9. The van der Waals surface area contributed by atoms with E-state index in [4.69, 9.17) is 4.74 Å². The van der Waals surface area contributed by atoms with Gasteiger partial charge in [0, 0.05) is 24.7 Å². The van der Waals surface area contributed by atoms with Crippen LogP contribution in [0.25, 0.3) is 0 Å². The second-order valence-electron chi connectivity index (χ2n) is 8.37. The van der Waals surface area contributed by atoms with Crippen molar-refractivity contribution in [2.75, 3.05) is 20.6 Å². The molecule has 24 heavy (non-hydrogen) atoms. The summed E-state index contributed by atoms with van der Waals surface area (Å²) in [6.45, 7) is 11.3. The first-order chi connectivity index (χ1) is 11.2. The van der Waals surface area contributed by atoms with Gasteiger partial charge in [-0.3, -0.25) is 0 Å². The van der Waals surface area contributed by atoms with Crippen molar-refractivity contribution < 1.29 is 9.53 Å². The van der Waals surface area contributed by atoms with E-state index < -0.39 is 5.60 Å².